The summed E-state index contributed by atoms with van der Waals surface area (Å²) in [7, 11) is 1.67. The first kappa shape index (κ1) is 10.7. The number of nitrogens with one attached hydrogen (secondary N) is 2. The van der Waals surface area contributed by atoms with Crippen molar-refractivity contribution >= 4 is 11.9 Å². The molecule has 0 aliphatic rings. The molecule has 0 radical (unpaired) electrons. The van der Waals surface area contributed by atoms with Crippen molar-refractivity contribution in [2.45, 2.75) is 13.3 Å². The van der Waals surface area contributed by atoms with E-state index in [-0.39, 0.29) is 11.9 Å². The highest BCUT2D eigenvalue weighted by Crippen LogP contribution is 1.87. The first-order valence-corrected chi connectivity index (χ1v) is 3.89. The number of rotatable bonds is 4. The second kappa shape index (κ2) is 5.40. The number of carbonyl (C=O) groups excluding carboxylic acids is 1. The number of amides is 2. The third-order valence-electron chi connectivity index (χ3n) is 1.39. The fourth-order valence-electron chi connectivity index (χ4n) is 0.676. The van der Waals surface area contributed by atoms with E-state index in [9.17, 15) is 4.79 Å². The van der Waals surface area contributed by atoms with Crippen LogP contribution >= 0.6 is 0 Å². The number of nitrogens with two attached hydrogens (primary N) is 1. The van der Waals surface area contributed by atoms with Crippen LogP contribution in [0.1, 0.15) is 13.3 Å². The van der Waals surface area contributed by atoms with Crippen LogP contribution in [0.3, 0.4) is 0 Å². The molecule has 0 heterocycles. The fraction of sp³-hybridized carbons (Fsp3) is 0.714. The number of nitrogens with zero attached hydrogens (tertiary/aromatic N) is 1. The van der Waals surface area contributed by atoms with Gasteiger partial charge in [0.25, 0.3) is 0 Å². The molecule has 0 fully saturated rings. The van der Waals surface area contributed by atoms with Crippen molar-refractivity contribution in [1.29, 1.82) is 5.41 Å². The van der Waals surface area contributed by atoms with Crippen molar-refractivity contribution in [3.05, 3.63) is 0 Å². The van der Waals surface area contributed by atoms with Gasteiger partial charge in [0.1, 0.15) is 0 Å². The molecule has 0 aromatic carbocycles. The Morgan fingerprint density at radius 1 is 1.67 bits per heavy atom. The van der Waals surface area contributed by atoms with Crippen LogP contribution in [0.25, 0.3) is 0 Å². The quantitative estimate of drug-likeness (QED) is 0.411. The Labute approximate surface area is 72.4 Å². The third kappa shape index (κ3) is 4.54. The molecule has 0 saturated heterocycles. The fourth-order valence-corrected chi connectivity index (χ4v) is 0.676. The molecule has 12 heavy (non-hydrogen) atoms. The second-order valence-electron chi connectivity index (χ2n) is 2.53. The van der Waals surface area contributed by atoms with Crippen molar-refractivity contribution < 1.29 is 4.79 Å². The Hall–Kier alpha value is -1.26. The Bertz CT molecular complexity index is 169. The molecule has 4 N–H and O–H groups in total. The lowest BCUT2D eigenvalue weighted by molar-refractivity contribution is 0.210. The van der Waals surface area contributed by atoms with Gasteiger partial charge in [0, 0.05) is 26.6 Å². The van der Waals surface area contributed by atoms with E-state index >= 15 is 0 Å². The number of hydrogen-bond acceptors (Lipinski definition) is 2. The highest BCUT2D eigenvalue weighted by Gasteiger charge is 2.05. The van der Waals surface area contributed by atoms with Gasteiger partial charge in [-0.25, -0.2) is 4.79 Å². The minimum Gasteiger partial charge on any atom is -0.388 e. The van der Waals surface area contributed by atoms with Gasteiger partial charge in [-0.2, -0.15) is 0 Å². The predicted octanol–water partition coefficient (Wildman–Crippen LogP) is -0.0262. The van der Waals surface area contributed by atoms with Crippen molar-refractivity contribution in [2.75, 3.05) is 20.1 Å². The van der Waals surface area contributed by atoms with E-state index in [1.807, 2.05) is 6.92 Å². The molecule has 2 amide bonds. The van der Waals surface area contributed by atoms with Gasteiger partial charge in [0.2, 0.25) is 0 Å². The van der Waals surface area contributed by atoms with Gasteiger partial charge < -0.3 is 16.0 Å². The Morgan fingerprint density at radius 2 is 2.25 bits per heavy atom. The molecular weight excluding hydrogens is 156 g/mol. The third-order valence-corrected chi connectivity index (χ3v) is 1.39. The normalized spacial score (nSPS) is 9.17. The van der Waals surface area contributed by atoms with E-state index in [0.29, 0.717) is 19.5 Å². The summed E-state index contributed by atoms with van der Waals surface area (Å²) in [5, 5.41) is 9.59. The number of carbonyl (C=O) groups is 1. The zero-order valence-electron chi connectivity index (χ0n) is 7.55. The molecule has 0 spiro atoms. The summed E-state index contributed by atoms with van der Waals surface area (Å²) in [4.78, 5) is 12.6. The standard InChI is InChI=1S/C7H16N4O/c1-3-10-7(12)11(2)5-4-6(8)9/h3-5H2,1-2H3,(H3,8,9)(H,10,12). The summed E-state index contributed by atoms with van der Waals surface area (Å²) in [6.07, 6.45) is 0.424. The molecule has 0 saturated carbocycles. The molecule has 5 nitrogen and oxygen atoms in total. The highest BCUT2D eigenvalue weighted by atomic mass is 16.2. The molecule has 0 atom stereocenters. The van der Waals surface area contributed by atoms with Gasteiger partial charge in [-0.1, -0.05) is 0 Å². The van der Waals surface area contributed by atoms with Gasteiger partial charge in [-0.3, -0.25) is 5.41 Å². The summed E-state index contributed by atoms with van der Waals surface area (Å²) in [5.74, 6) is 0.103. The SMILES string of the molecule is CCNC(=O)N(C)CCC(=N)N. The molecule has 5 heteroatoms. The minimum absolute atomic E-state index is 0.103. The summed E-state index contributed by atoms with van der Waals surface area (Å²) in [6, 6.07) is -0.126. The zero-order valence-corrected chi connectivity index (χ0v) is 7.55. The lowest BCUT2D eigenvalue weighted by atomic mass is 10.4. The van der Waals surface area contributed by atoms with Gasteiger partial charge in [-0.05, 0) is 6.92 Å². The Kier molecular flexibility index (Phi) is 4.83. The number of urea groups is 1. The molecule has 0 aromatic heterocycles. The van der Waals surface area contributed by atoms with E-state index in [1.165, 1.54) is 4.90 Å². The monoisotopic (exact) mass is 172 g/mol. The van der Waals surface area contributed by atoms with E-state index in [0.717, 1.165) is 0 Å². The van der Waals surface area contributed by atoms with Crippen LogP contribution < -0.4 is 11.1 Å². The maximum Gasteiger partial charge on any atom is 0.317 e. The van der Waals surface area contributed by atoms with E-state index < -0.39 is 0 Å². The van der Waals surface area contributed by atoms with Gasteiger partial charge in [-0.15, -0.1) is 0 Å². The average Bonchev–Trinajstić information content (AvgIpc) is 2.00. The van der Waals surface area contributed by atoms with E-state index in [2.05, 4.69) is 5.32 Å². The largest absolute Gasteiger partial charge is 0.388 e. The van der Waals surface area contributed by atoms with Crippen molar-refractivity contribution in [3.63, 3.8) is 0 Å². The predicted molar refractivity (Wildman–Crippen MR) is 48.2 cm³/mol. The molecule has 0 bridgehead atoms. The van der Waals surface area contributed by atoms with Crippen LogP contribution in [0.15, 0.2) is 0 Å². The number of amidine groups is 1. The lowest BCUT2D eigenvalue weighted by Gasteiger charge is -2.16. The second-order valence-corrected chi connectivity index (χ2v) is 2.53. The van der Waals surface area contributed by atoms with Crippen molar-refractivity contribution in [3.8, 4) is 0 Å². The van der Waals surface area contributed by atoms with Crippen LogP contribution in [0, 0.1) is 5.41 Å². The molecule has 0 aliphatic carbocycles. The van der Waals surface area contributed by atoms with Crippen LogP contribution in [-0.2, 0) is 0 Å². The van der Waals surface area contributed by atoms with E-state index in [4.69, 9.17) is 11.1 Å². The topological polar surface area (TPSA) is 82.2 Å². The van der Waals surface area contributed by atoms with Crippen LogP contribution in [-0.4, -0.2) is 36.9 Å². The van der Waals surface area contributed by atoms with Crippen molar-refractivity contribution in [2.24, 2.45) is 5.73 Å². The molecule has 70 valence electrons. The minimum atomic E-state index is -0.126. The average molecular weight is 172 g/mol. The molecule has 0 unspecified atom stereocenters. The van der Waals surface area contributed by atoms with Crippen LogP contribution in [0.2, 0.25) is 0 Å². The molecule has 0 aliphatic heterocycles. The summed E-state index contributed by atoms with van der Waals surface area (Å²) >= 11 is 0. The highest BCUT2D eigenvalue weighted by molar-refractivity contribution is 5.78. The van der Waals surface area contributed by atoms with E-state index in [1.54, 1.807) is 7.05 Å². The smallest absolute Gasteiger partial charge is 0.317 e. The summed E-state index contributed by atoms with van der Waals surface area (Å²) < 4.78 is 0. The number of hydrogen-bond donors (Lipinski definition) is 3. The van der Waals surface area contributed by atoms with Gasteiger partial charge >= 0.3 is 6.03 Å². The van der Waals surface area contributed by atoms with Crippen LogP contribution in [0.5, 0.6) is 0 Å². The maximum atomic E-state index is 11.1. The van der Waals surface area contributed by atoms with Crippen LogP contribution in [0.4, 0.5) is 4.79 Å². The van der Waals surface area contributed by atoms with Gasteiger partial charge in [0.05, 0.1) is 5.84 Å². The summed E-state index contributed by atoms with van der Waals surface area (Å²) in [6.45, 7) is 2.96. The van der Waals surface area contributed by atoms with Gasteiger partial charge in [0.15, 0.2) is 0 Å². The lowest BCUT2D eigenvalue weighted by Crippen LogP contribution is -2.38. The Balaban J connectivity index is 3.63. The molecular formula is C7H16N4O. The maximum absolute atomic E-state index is 11.1. The van der Waals surface area contributed by atoms with Crippen molar-refractivity contribution in [1.82, 2.24) is 10.2 Å². The zero-order chi connectivity index (χ0) is 9.56. The molecule has 0 rings (SSSR count). The molecule has 0 aromatic rings. The summed E-state index contributed by atoms with van der Waals surface area (Å²) in [5.41, 5.74) is 5.14. The Morgan fingerprint density at radius 3 is 2.67 bits per heavy atom. The first-order valence-electron chi connectivity index (χ1n) is 3.89. The first-order chi connectivity index (χ1) is 5.57.